The van der Waals surface area contributed by atoms with E-state index in [1.807, 2.05) is 0 Å². The van der Waals surface area contributed by atoms with Crippen LogP contribution in [0.4, 0.5) is 5.69 Å². The van der Waals surface area contributed by atoms with Gasteiger partial charge in [0.05, 0.1) is 11.4 Å². The number of halogens is 1. The summed E-state index contributed by atoms with van der Waals surface area (Å²) in [6, 6.07) is 6.14. The summed E-state index contributed by atoms with van der Waals surface area (Å²) in [6.07, 6.45) is 0. The molecule has 0 radical (unpaired) electrons. The van der Waals surface area contributed by atoms with Crippen LogP contribution in [0.1, 0.15) is 6.92 Å². The Bertz CT molecular complexity index is 485. The molecule has 0 fully saturated rings. The van der Waals surface area contributed by atoms with Crippen molar-refractivity contribution in [2.45, 2.75) is 13.0 Å². The lowest BCUT2D eigenvalue weighted by Crippen LogP contribution is -2.19. The van der Waals surface area contributed by atoms with Crippen LogP contribution in [0.2, 0.25) is 5.02 Å². The van der Waals surface area contributed by atoms with Crippen LogP contribution in [0.15, 0.2) is 39.6 Å². The fourth-order valence-corrected chi connectivity index (χ4v) is 1.37. The van der Waals surface area contributed by atoms with Gasteiger partial charge in [-0.3, -0.25) is 0 Å². The van der Waals surface area contributed by atoms with Gasteiger partial charge in [-0.05, 0) is 25.1 Å². The molecule has 1 aliphatic heterocycles. The minimum atomic E-state index is -0.737. The molecule has 5 nitrogen and oxygen atoms in total. The van der Waals surface area contributed by atoms with E-state index in [9.17, 15) is 4.79 Å². The number of azo groups is 1. The second kappa shape index (κ2) is 4.40. The van der Waals surface area contributed by atoms with Crippen LogP contribution in [0, 0.1) is 0 Å². The maximum absolute atomic E-state index is 11.2. The number of oxime groups is 1. The average molecular weight is 238 g/mol. The van der Waals surface area contributed by atoms with E-state index in [2.05, 4.69) is 20.2 Å². The molecule has 1 aromatic carbocycles. The Morgan fingerprint density at radius 3 is 2.94 bits per heavy atom. The highest BCUT2D eigenvalue weighted by Crippen LogP contribution is 2.19. The Hall–Kier alpha value is -1.75. The predicted octanol–water partition coefficient (Wildman–Crippen LogP) is 2.73. The van der Waals surface area contributed by atoms with Crippen LogP contribution < -0.4 is 0 Å². The molecule has 6 heteroatoms. The maximum atomic E-state index is 11.2. The molecule has 0 bridgehead atoms. The number of hydrogen-bond acceptors (Lipinski definition) is 5. The molecule has 0 spiro atoms. The fraction of sp³-hybridized carbons (Fsp3) is 0.200. The van der Waals surface area contributed by atoms with Gasteiger partial charge in [-0.2, -0.15) is 10.2 Å². The molecular formula is C10H8ClN3O2. The second-order valence-corrected chi connectivity index (χ2v) is 3.68. The number of carbonyl (C=O) groups is 1. The first-order chi connectivity index (χ1) is 7.66. The van der Waals surface area contributed by atoms with Gasteiger partial charge in [0.1, 0.15) is 0 Å². The molecule has 1 aliphatic rings. The van der Waals surface area contributed by atoms with Gasteiger partial charge in [-0.1, -0.05) is 22.8 Å². The molecule has 1 aromatic rings. The van der Waals surface area contributed by atoms with Crippen molar-refractivity contribution in [1.82, 2.24) is 0 Å². The summed E-state index contributed by atoms with van der Waals surface area (Å²) in [4.78, 5) is 15.6. The van der Waals surface area contributed by atoms with E-state index in [-0.39, 0.29) is 0 Å². The highest BCUT2D eigenvalue weighted by molar-refractivity contribution is 6.30. The van der Waals surface area contributed by atoms with Gasteiger partial charge in [0, 0.05) is 5.02 Å². The minimum Gasteiger partial charge on any atom is -0.315 e. The topological polar surface area (TPSA) is 63.4 Å². The molecule has 0 aliphatic carbocycles. The zero-order valence-electron chi connectivity index (χ0n) is 8.42. The van der Waals surface area contributed by atoms with E-state index in [0.717, 1.165) is 0 Å². The van der Waals surface area contributed by atoms with Crippen molar-refractivity contribution in [3.63, 3.8) is 0 Å². The average Bonchev–Trinajstić information content (AvgIpc) is 2.56. The Morgan fingerprint density at radius 2 is 2.31 bits per heavy atom. The summed E-state index contributed by atoms with van der Waals surface area (Å²) >= 11 is 5.78. The van der Waals surface area contributed by atoms with Crippen molar-refractivity contribution in [1.29, 1.82) is 0 Å². The Balaban J connectivity index is 2.15. The Labute approximate surface area is 96.8 Å². The molecule has 0 N–H and O–H groups in total. The van der Waals surface area contributed by atoms with Crippen molar-refractivity contribution in [3.8, 4) is 0 Å². The van der Waals surface area contributed by atoms with Crippen LogP contribution in [0.5, 0.6) is 0 Å². The van der Waals surface area contributed by atoms with Gasteiger partial charge in [0.25, 0.3) is 0 Å². The molecule has 0 aromatic heterocycles. The molecule has 0 amide bonds. The predicted molar refractivity (Wildman–Crippen MR) is 59.0 cm³/mol. The van der Waals surface area contributed by atoms with Crippen molar-refractivity contribution >= 4 is 29.0 Å². The number of benzene rings is 1. The molecule has 16 heavy (non-hydrogen) atoms. The molecule has 0 saturated heterocycles. The molecule has 1 atom stereocenters. The van der Waals surface area contributed by atoms with E-state index in [1.165, 1.54) is 0 Å². The van der Waals surface area contributed by atoms with Crippen LogP contribution in [0.25, 0.3) is 0 Å². The van der Waals surface area contributed by atoms with Crippen molar-refractivity contribution in [3.05, 3.63) is 29.3 Å². The largest absolute Gasteiger partial charge is 0.367 e. The van der Waals surface area contributed by atoms with Gasteiger partial charge < -0.3 is 4.84 Å². The van der Waals surface area contributed by atoms with Crippen molar-refractivity contribution in [2.24, 2.45) is 15.4 Å². The summed E-state index contributed by atoms with van der Waals surface area (Å²) in [5.41, 5.74) is 1.08. The fourth-order valence-electron chi connectivity index (χ4n) is 1.18. The van der Waals surface area contributed by atoms with Crippen LogP contribution in [0.3, 0.4) is 0 Å². The van der Waals surface area contributed by atoms with E-state index in [4.69, 9.17) is 11.6 Å². The normalized spacial score (nSPS) is 20.0. The minimum absolute atomic E-state index is 0.496. The van der Waals surface area contributed by atoms with Crippen molar-refractivity contribution < 1.29 is 9.63 Å². The zero-order chi connectivity index (χ0) is 11.5. The van der Waals surface area contributed by atoms with E-state index >= 15 is 0 Å². The molecular weight excluding hydrogens is 230 g/mol. The van der Waals surface area contributed by atoms with E-state index in [0.29, 0.717) is 16.4 Å². The van der Waals surface area contributed by atoms with Gasteiger partial charge in [0.15, 0.2) is 0 Å². The summed E-state index contributed by atoms with van der Waals surface area (Å²) in [7, 11) is 0. The highest BCUT2D eigenvalue weighted by atomic mass is 35.5. The standard InChI is InChI=1S/C10H8ClN3O2/c1-6-9(10(15)16-14-6)13-12-8-4-2-3-7(11)5-8/h2-5,9H,1H3/t9-/m0/s1. The first kappa shape index (κ1) is 10.8. The summed E-state index contributed by atoms with van der Waals surface area (Å²) in [6.45, 7) is 1.66. The van der Waals surface area contributed by atoms with E-state index in [1.54, 1.807) is 31.2 Å². The first-order valence-corrected chi connectivity index (χ1v) is 4.96. The molecule has 82 valence electrons. The lowest BCUT2D eigenvalue weighted by atomic mass is 10.2. The number of hydrogen-bond donors (Lipinski definition) is 0. The van der Waals surface area contributed by atoms with Crippen LogP contribution in [-0.2, 0) is 9.63 Å². The summed E-state index contributed by atoms with van der Waals surface area (Å²) < 4.78 is 0. The Kier molecular flexibility index (Phi) is 2.96. The zero-order valence-corrected chi connectivity index (χ0v) is 9.18. The van der Waals surface area contributed by atoms with Gasteiger partial charge in [-0.25, -0.2) is 4.79 Å². The Morgan fingerprint density at radius 1 is 1.50 bits per heavy atom. The quantitative estimate of drug-likeness (QED) is 0.586. The third-order valence-electron chi connectivity index (χ3n) is 2.00. The SMILES string of the molecule is CC1=NOC(=O)[C@H]1N=Nc1cccc(Cl)c1. The number of nitrogens with zero attached hydrogens (tertiary/aromatic N) is 3. The number of rotatable bonds is 2. The third-order valence-corrected chi connectivity index (χ3v) is 2.23. The molecule has 0 saturated carbocycles. The smallest absolute Gasteiger partial charge is 0.315 e. The first-order valence-electron chi connectivity index (χ1n) is 4.58. The van der Waals surface area contributed by atoms with Crippen molar-refractivity contribution in [2.75, 3.05) is 0 Å². The van der Waals surface area contributed by atoms with Gasteiger partial charge in [-0.15, -0.1) is 0 Å². The van der Waals surface area contributed by atoms with E-state index < -0.39 is 12.0 Å². The van der Waals surface area contributed by atoms with Crippen LogP contribution >= 0.6 is 11.6 Å². The lowest BCUT2D eigenvalue weighted by molar-refractivity contribution is -0.141. The van der Waals surface area contributed by atoms with Gasteiger partial charge >= 0.3 is 5.97 Å². The second-order valence-electron chi connectivity index (χ2n) is 3.24. The monoisotopic (exact) mass is 237 g/mol. The molecule has 0 unspecified atom stereocenters. The third kappa shape index (κ3) is 2.25. The lowest BCUT2D eigenvalue weighted by Gasteiger charge is -1.97. The highest BCUT2D eigenvalue weighted by Gasteiger charge is 2.29. The molecule has 1 heterocycles. The molecule has 2 rings (SSSR count). The maximum Gasteiger partial charge on any atom is 0.367 e. The van der Waals surface area contributed by atoms with Crippen LogP contribution in [-0.4, -0.2) is 17.7 Å². The number of carbonyl (C=O) groups excluding carboxylic acids is 1. The van der Waals surface area contributed by atoms with Gasteiger partial charge in [0.2, 0.25) is 6.04 Å². The summed E-state index contributed by atoms with van der Waals surface area (Å²) in [5, 5.41) is 11.8. The summed E-state index contributed by atoms with van der Waals surface area (Å²) in [5.74, 6) is -0.511.